The summed E-state index contributed by atoms with van der Waals surface area (Å²) >= 11 is 11.5. The summed E-state index contributed by atoms with van der Waals surface area (Å²) in [7, 11) is 0. The van der Waals surface area contributed by atoms with E-state index in [-0.39, 0.29) is 21.8 Å². The van der Waals surface area contributed by atoms with E-state index in [1.165, 1.54) is 12.1 Å². The Bertz CT molecular complexity index is 425. The molecule has 0 spiro atoms. The van der Waals surface area contributed by atoms with E-state index in [0.29, 0.717) is 18.8 Å². The predicted molar refractivity (Wildman–Crippen MR) is 65.6 cm³/mol. The number of carbonyl (C=O) groups is 1. The van der Waals surface area contributed by atoms with Crippen LogP contribution in [-0.4, -0.2) is 29.6 Å². The Morgan fingerprint density at radius 3 is 2.65 bits per heavy atom. The lowest BCUT2D eigenvalue weighted by atomic mass is 10.0. The van der Waals surface area contributed by atoms with Gasteiger partial charge >= 0.3 is 0 Å². The molecular formula is C11H12Cl2N2O2. The van der Waals surface area contributed by atoms with Gasteiger partial charge < -0.3 is 10.1 Å². The highest BCUT2D eigenvalue weighted by Crippen LogP contribution is 2.20. The number of hydrogen-bond acceptors (Lipinski definition) is 3. The molecule has 6 heteroatoms. The van der Waals surface area contributed by atoms with Crippen LogP contribution in [0.1, 0.15) is 23.7 Å². The Morgan fingerprint density at radius 1 is 1.47 bits per heavy atom. The van der Waals surface area contributed by atoms with Crippen LogP contribution in [0.2, 0.25) is 10.3 Å². The molecule has 1 amide bonds. The Balaban J connectivity index is 2.14. The summed E-state index contributed by atoms with van der Waals surface area (Å²) in [6, 6.07) is 2.98. The van der Waals surface area contributed by atoms with E-state index in [1.807, 2.05) is 6.92 Å². The lowest BCUT2D eigenvalue weighted by molar-refractivity contribution is 0.0889. The number of rotatable bonds is 2. The average Bonchev–Trinajstić information content (AvgIpc) is 2.63. The minimum absolute atomic E-state index is 0.204. The fraction of sp³-hybridized carbons (Fsp3) is 0.455. The first kappa shape index (κ1) is 12.6. The standard InChI is InChI=1S/C11H12Cl2N2O2/c1-11(2-3-17-6-11)15-10(16)7-4-8(12)14-9(13)5-7/h4-5H,2-3,6H2,1H3,(H,15,16). The van der Waals surface area contributed by atoms with Gasteiger partial charge in [-0.1, -0.05) is 23.2 Å². The van der Waals surface area contributed by atoms with E-state index in [0.717, 1.165) is 6.42 Å². The predicted octanol–water partition coefficient (Wildman–Crippen LogP) is 2.30. The summed E-state index contributed by atoms with van der Waals surface area (Å²) in [5.74, 6) is -0.218. The number of amides is 1. The quantitative estimate of drug-likeness (QED) is 0.842. The second-order valence-electron chi connectivity index (χ2n) is 4.32. The largest absolute Gasteiger partial charge is 0.379 e. The molecule has 1 aliphatic heterocycles. The number of halogens is 2. The lowest BCUT2D eigenvalue weighted by Gasteiger charge is -2.23. The van der Waals surface area contributed by atoms with Gasteiger partial charge in [0.15, 0.2) is 0 Å². The molecule has 2 rings (SSSR count). The van der Waals surface area contributed by atoms with E-state index in [2.05, 4.69) is 10.3 Å². The van der Waals surface area contributed by atoms with Crippen LogP contribution in [0.25, 0.3) is 0 Å². The maximum absolute atomic E-state index is 12.0. The van der Waals surface area contributed by atoms with Gasteiger partial charge in [0.05, 0.1) is 12.1 Å². The average molecular weight is 275 g/mol. The van der Waals surface area contributed by atoms with Crippen LogP contribution >= 0.6 is 23.2 Å². The molecule has 4 nitrogen and oxygen atoms in total. The first-order chi connectivity index (χ1) is 7.98. The van der Waals surface area contributed by atoms with Crippen molar-refractivity contribution >= 4 is 29.1 Å². The van der Waals surface area contributed by atoms with Crippen LogP contribution in [0.4, 0.5) is 0 Å². The van der Waals surface area contributed by atoms with Crippen LogP contribution in [0.15, 0.2) is 12.1 Å². The monoisotopic (exact) mass is 274 g/mol. The molecule has 1 N–H and O–H groups in total. The zero-order chi connectivity index (χ0) is 12.5. The third-order valence-electron chi connectivity index (χ3n) is 2.66. The molecule has 17 heavy (non-hydrogen) atoms. The van der Waals surface area contributed by atoms with E-state index in [1.54, 1.807) is 0 Å². The minimum atomic E-state index is -0.320. The van der Waals surface area contributed by atoms with Crippen molar-refractivity contribution in [3.8, 4) is 0 Å². The van der Waals surface area contributed by atoms with Gasteiger partial charge in [0.25, 0.3) is 5.91 Å². The van der Waals surface area contributed by atoms with Crippen molar-refractivity contribution in [2.75, 3.05) is 13.2 Å². The highest BCUT2D eigenvalue weighted by molar-refractivity contribution is 6.33. The maximum atomic E-state index is 12.0. The molecule has 1 aromatic rings. The molecule has 1 aromatic heterocycles. The van der Waals surface area contributed by atoms with Gasteiger partial charge in [-0.25, -0.2) is 4.98 Å². The van der Waals surface area contributed by atoms with Gasteiger partial charge in [0.1, 0.15) is 10.3 Å². The molecule has 1 saturated heterocycles. The summed E-state index contributed by atoms with van der Waals surface area (Å²) < 4.78 is 5.27. The third kappa shape index (κ3) is 3.09. The van der Waals surface area contributed by atoms with E-state index < -0.39 is 0 Å². The molecule has 0 bridgehead atoms. The zero-order valence-electron chi connectivity index (χ0n) is 9.30. The van der Waals surface area contributed by atoms with Gasteiger partial charge in [0.2, 0.25) is 0 Å². The van der Waals surface area contributed by atoms with Gasteiger partial charge in [-0.3, -0.25) is 4.79 Å². The number of pyridine rings is 1. The highest BCUT2D eigenvalue weighted by Gasteiger charge is 2.31. The minimum Gasteiger partial charge on any atom is -0.379 e. The topological polar surface area (TPSA) is 51.2 Å². The Hall–Kier alpha value is -0.840. The molecule has 0 aromatic carbocycles. The molecular weight excluding hydrogens is 263 g/mol. The fourth-order valence-corrected chi connectivity index (χ4v) is 2.17. The number of nitrogens with zero attached hydrogens (tertiary/aromatic N) is 1. The lowest BCUT2D eigenvalue weighted by Crippen LogP contribution is -2.46. The molecule has 0 radical (unpaired) electrons. The normalized spacial score (nSPS) is 23.7. The molecule has 1 fully saturated rings. The van der Waals surface area contributed by atoms with Crippen molar-refractivity contribution in [1.29, 1.82) is 0 Å². The summed E-state index contributed by atoms with van der Waals surface area (Å²) in [5.41, 5.74) is 0.0855. The van der Waals surface area contributed by atoms with Crippen LogP contribution in [0.3, 0.4) is 0 Å². The van der Waals surface area contributed by atoms with Gasteiger partial charge in [-0.15, -0.1) is 0 Å². The van der Waals surface area contributed by atoms with Crippen molar-refractivity contribution in [1.82, 2.24) is 10.3 Å². The summed E-state index contributed by atoms with van der Waals surface area (Å²) in [4.78, 5) is 15.8. The Morgan fingerprint density at radius 2 is 2.12 bits per heavy atom. The third-order valence-corrected chi connectivity index (χ3v) is 3.05. The van der Waals surface area contributed by atoms with Crippen LogP contribution in [0, 0.1) is 0 Å². The highest BCUT2D eigenvalue weighted by atomic mass is 35.5. The second-order valence-corrected chi connectivity index (χ2v) is 5.09. The molecule has 1 unspecified atom stereocenters. The van der Waals surface area contributed by atoms with Crippen molar-refractivity contribution in [2.24, 2.45) is 0 Å². The van der Waals surface area contributed by atoms with Gasteiger partial charge in [-0.05, 0) is 25.5 Å². The van der Waals surface area contributed by atoms with E-state index in [4.69, 9.17) is 27.9 Å². The van der Waals surface area contributed by atoms with Crippen molar-refractivity contribution in [2.45, 2.75) is 18.9 Å². The van der Waals surface area contributed by atoms with E-state index in [9.17, 15) is 4.79 Å². The second kappa shape index (κ2) is 4.80. The summed E-state index contributed by atoms with van der Waals surface area (Å²) in [5, 5.41) is 3.33. The number of nitrogens with one attached hydrogen (secondary N) is 1. The molecule has 1 atom stereocenters. The maximum Gasteiger partial charge on any atom is 0.252 e. The smallest absolute Gasteiger partial charge is 0.252 e. The van der Waals surface area contributed by atoms with Crippen LogP contribution in [0.5, 0.6) is 0 Å². The Kier molecular flexibility index (Phi) is 3.56. The number of aromatic nitrogens is 1. The SMILES string of the molecule is CC1(NC(=O)c2cc(Cl)nc(Cl)c2)CCOC1. The van der Waals surface area contributed by atoms with Crippen LogP contribution < -0.4 is 5.32 Å². The number of carbonyl (C=O) groups excluding carboxylic acids is 1. The fourth-order valence-electron chi connectivity index (χ4n) is 1.71. The van der Waals surface area contributed by atoms with Gasteiger partial charge in [0, 0.05) is 12.2 Å². The molecule has 92 valence electrons. The summed E-state index contributed by atoms with van der Waals surface area (Å²) in [6.45, 7) is 3.13. The van der Waals surface area contributed by atoms with Crippen LogP contribution in [-0.2, 0) is 4.74 Å². The zero-order valence-corrected chi connectivity index (χ0v) is 10.8. The number of ether oxygens (including phenoxy) is 1. The van der Waals surface area contributed by atoms with Gasteiger partial charge in [-0.2, -0.15) is 0 Å². The molecule has 0 aliphatic carbocycles. The Labute approximate surface area is 109 Å². The molecule has 0 saturated carbocycles. The molecule has 1 aliphatic rings. The van der Waals surface area contributed by atoms with Crippen molar-refractivity contribution in [3.63, 3.8) is 0 Å². The van der Waals surface area contributed by atoms with Crippen molar-refractivity contribution in [3.05, 3.63) is 28.0 Å². The number of hydrogen-bond donors (Lipinski definition) is 1. The van der Waals surface area contributed by atoms with E-state index >= 15 is 0 Å². The first-order valence-electron chi connectivity index (χ1n) is 5.22. The van der Waals surface area contributed by atoms with Crippen molar-refractivity contribution < 1.29 is 9.53 Å². The first-order valence-corrected chi connectivity index (χ1v) is 5.97. The summed E-state index contributed by atoms with van der Waals surface area (Å²) in [6.07, 6.45) is 0.797. The molecule has 2 heterocycles.